The summed E-state index contributed by atoms with van der Waals surface area (Å²) < 4.78 is 0. The summed E-state index contributed by atoms with van der Waals surface area (Å²) in [6.07, 6.45) is 35.0. The molecule has 0 saturated carbocycles. The molecule has 0 aliphatic carbocycles. The number of allylic oxidation sites excluding steroid dienone is 2. The zero-order valence-corrected chi connectivity index (χ0v) is 18.0. The zero-order chi connectivity index (χ0) is 18.3. The summed E-state index contributed by atoms with van der Waals surface area (Å²) in [6, 6.07) is 0. The summed E-state index contributed by atoms with van der Waals surface area (Å²) >= 11 is 0. The van der Waals surface area contributed by atoms with E-state index in [-0.39, 0.29) is 0 Å². The van der Waals surface area contributed by atoms with Crippen LogP contribution in [-0.2, 0) is 0 Å². The molecule has 0 aromatic rings. The number of rotatable bonds is 21. The second-order valence-electron chi connectivity index (χ2n) is 8.03. The van der Waals surface area contributed by atoms with E-state index in [0.29, 0.717) is 0 Å². The Morgan fingerprint density at radius 1 is 0.360 bits per heavy atom. The lowest BCUT2D eigenvalue weighted by molar-refractivity contribution is 0.523. The molecule has 0 amide bonds. The normalized spacial score (nSPS) is 11.6. The SMILES string of the molecule is CC/C=C\CCCCCCCCCCCCCCCCCCCCC. The average Bonchev–Trinajstić information content (AvgIpc) is 2.63. The van der Waals surface area contributed by atoms with Crippen LogP contribution in [0.5, 0.6) is 0 Å². The van der Waals surface area contributed by atoms with Crippen LogP contribution in [0.25, 0.3) is 0 Å². The fourth-order valence-electron chi connectivity index (χ4n) is 3.63. The summed E-state index contributed by atoms with van der Waals surface area (Å²) in [6.45, 7) is 4.52. The predicted molar refractivity (Wildman–Crippen MR) is 117 cm³/mol. The van der Waals surface area contributed by atoms with E-state index in [0.717, 1.165) is 0 Å². The Morgan fingerprint density at radius 3 is 1.00 bits per heavy atom. The molecule has 0 bridgehead atoms. The molecule has 0 radical (unpaired) electrons. The van der Waals surface area contributed by atoms with Crippen molar-refractivity contribution >= 4 is 0 Å². The summed E-state index contributed by atoms with van der Waals surface area (Å²) in [7, 11) is 0. The van der Waals surface area contributed by atoms with Crippen molar-refractivity contribution in [2.75, 3.05) is 0 Å². The smallest absolute Gasteiger partial charge is 0.0351 e. The minimum atomic E-state index is 1.19. The number of unbranched alkanes of at least 4 members (excludes halogenated alkanes) is 19. The van der Waals surface area contributed by atoms with Crippen molar-refractivity contribution in [3.63, 3.8) is 0 Å². The molecule has 0 aromatic heterocycles. The lowest BCUT2D eigenvalue weighted by Gasteiger charge is -2.03. The van der Waals surface area contributed by atoms with Crippen molar-refractivity contribution in [3.8, 4) is 0 Å². The van der Waals surface area contributed by atoms with Gasteiger partial charge in [0.15, 0.2) is 0 Å². The van der Waals surface area contributed by atoms with Crippen molar-refractivity contribution in [2.45, 2.75) is 149 Å². The third kappa shape index (κ3) is 23.7. The fourth-order valence-corrected chi connectivity index (χ4v) is 3.63. The van der Waals surface area contributed by atoms with Crippen LogP contribution in [0.1, 0.15) is 149 Å². The highest BCUT2D eigenvalue weighted by Gasteiger charge is 1.95. The van der Waals surface area contributed by atoms with Crippen molar-refractivity contribution < 1.29 is 0 Å². The first-order chi connectivity index (χ1) is 12.4. The summed E-state index contributed by atoms with van der Waals surface area (Å²) in [5, 5.41) is 0. The Morgan fingerprint density at radius 2 is 0.680 bits per heavy atom. The molecule has 0 heteroatoms. The molecule has 0 spiro atoms. The van der Waals surface area contributed by atoms with E-state index in [4.69, 9.17) is 0 Å². The molecule has 0 rings (SSSR count). The van der Waals surface area contributed by atoms with Crippen LogP contribution in [0.15, 0.2) is 12.2 Å². The first-order valence-electron chi connectivity index (χ1n) is 12.1. The van der Waals surface area contributed by atoms with Crippen molar-refractivity contribution in [1.82, 2.24) is 0 Å². The molecule has 0 N–H and O–H groups in total. The molecule has 0 heterocycles. The first kappa shape index (κ1) is 24.7. The van der Waals surface area contributed by atoms with Gasteiger partial charge in [-0.25, -0.2) is 0 Å². The Bertz CT molecular complexity index is 240. The monoisotopic (exact) mass is 350 g/mol. The Hall–Kier alpha value is -0.260. The van der Waals surface area contributed by atoms with E-state index >= 15 is 0 Å². The molecule has 0 nitrogen and oxygen atoms in total. The van der Waals surface area contributed by atoms with Crippen LogP contribution >= 0.6 is 0 Å². The summed E-state index contributed by atoms with van der Waals surface area (Å²) in [5.41, 5.74) is 0. The van der Waals surface area contributed by atoms with Gasteiger partial charge in [-0.05, 0) is 19.3 Å². The number of hydrogen-bond donors (Lipinski definition) is 0. The van der Waals surface area contributed by atoms with Crippen LogP contribution in [-0.4, -0.2) is 0 Å². The highest BCUT2D eigenvalue weighted by atomic mass is 14.0. The maximum Gasteiger partial charge on any atom is -0.0351 e. The van der Waals surface area contributed by atoms with Crippen molar-refractivity contribution in [3.05, 3.63) is 12.2 Å². The predicted octanol–water partition coefficient (Wildman–Crippen LogP) is 9.77. The van der Waals surface area contributed by atoms with Gasteiger partial charge < -0.3 is 0 Å². The van der Waals surface area contributed by atoms with E-state index in [1.165, 1.54) is 135 Å². The van der Waals surface area contributed by atoms with Gasteiger partial charge in [0.1, 0.15) is 0 Å². The fraction of sp³-hybridized carbons (Fsp3) is 0.920. The summed E-state index contributed by atoms with van der Waals surface area (Å²) in [5.74, 6) is 0. The Kier molecular flexibility index (Phi) is 23.5. The second-order valence-corrected chi connectivity index (χ2v) is 8.03. The van der Waals surface area contributed by atoms with Crippen LogP contribution < -0.4 is 0 Å². The minimum absolute atomic E-state index is 1.19. The van der Waals surface area contributed by atoms with E-state index in [1.54, 1.807) is 0 Å². The molecule has 150 valence electrons. The van der Waals surface area contributed by atoms with E-state index in [2.05, 4.69) is 26.0 Å². The summed E-state index contributed by atoms with van der Waals surface area (Å²) in [4.78, 5) is 0. The third-order valence-electron chi connectivity index (χ3n) is 5.38. The van der Waals surface area contributed by atoms with Crippen LogP contribution in [0.2, 0.25) is 0 Å². The Labute approximate surface area is 161 Å². The molecule has 0 aromatic carbocycles. The second kappa shape index (κ2) is 23.7. The maximum absolute atomic E-state index is 2.35. The Balaban J connectivity index is 2.97. The van der Waals surface area contributed by atoms with E-state index < -0.39 is 0 Å². The first-order valence-corrected chi connectivity index (χ1v) is 12.1. The van der Waals surface area contributed by atoms with E-state index in [9.17, 15) is 0 Å². The standard InChI is InChI=1S/C25H50/c1-3-5-7-9-11-13-15-17-19-21-23-25-24-22-20-18-16-14-12-10-8-6-4-2/h5,7H,3-4,6,8-25H2,1-2H3/b7-5-. The van der Waals surface area contributed by atoms with E-state index in [1.807, 2.05) is 0 Å². The minimum Gasteiger partial charge on any atom is -0.0888 e. The molecule has 0 unspecified atom stereocenters. The van der Waals surface area contributed by atoms with Gasteiger partial charge in [-0.2, -0.15) is 0 Å². The van der Waals surface area contributed by atoms with Gasteiger partial charge in [-0.3, -0.25) is 0 Å². The molecular formula is C25H50. The van der Waals surface area contributed by atoms with Crippen molar-refractivity contribution in [2.24, 2.45) is 0 Å². The molecular weight excluding hydrogens is 300 g/mol. The molecule has 0 atom stereocenters. The van der Waals surface area contributed by atoms with Crippen LogP contribution in [0.3, 0.4) is 0 Å². The average molecular weight is 351 g/mol. The topological polar surface area (TPSA) is 0 Å². The molecule has 25 heavy (non-hydrogen) atoms. The quantitative estimate of drug-likeness (QED) is 0.143. The van der Waals surface area contributed by atoms with Gasteiger partial charge in [0.25, 0.3) is 0 Å². The zero-order valence-electron chi connectivity index (χ0n) is 18.0. The van der Waals surface area contributed by atoms with Gasteiger partial charge in [-0.15, -0.1) is 0 Å². The molecule has 0 fully saturated rings. The molecule has 0 aliphatic rings. The van der Waals surface area contributed by atoms with Gasteiger partial charge in [0.2, 0.25) is 0 Å². The molecule has 0 saturated heterocycles. The number of hydrogen-bond acceptors (Lipinski definition) is 0. The van der Waals surface area contributed by atoms with Crippen LogP contribution in [0.4, 0.5) is 0 Å². The lowest BCUT2D eigenvalue weighted by Crippen LogP contribution is -1.84. The highest BCUT2D eigenvalue weighted by Crippen LogP contribution is 2.14. The molecule has 0 aliphatic heterocycles. The highest BCUT2D eigenvalue weighted by molar-refractivity contribution is 4.79. The van der Waals surface area contributed by atoms with Crippen molar-refractivity contribution in [1.29, 1.82) is 0 Å². The van der Waals surface area contributed by atoms with Gasteiger partial charge in [-0.1, -0.05) is 142 Å². The van der Waals surface area contributed by atoms with Gasteiger partial charge in [0.05, 0.1) is 0 Å². The van der Waals surface area contributed by atoms with Gasteiger partial charge in [0, 0.05) is 0 Å². The lowest BCUT2D eigenvalue weighted by atomic mass is 10.0. The van der Waals surface area contributed by atoms with Gasteiger partial charge >= 0.3 is 0 Å². The largest absolute Gasteiger partial charge is 0.0888 e. The third-order valence-corrected chi connectivity index (χ3v) is 5.38. The maximum atomic E-state index is 2.35. The van der Waals surface area contributed by atoms with Crippen LogP contribution in [0, 0.1) is 0 Å².